The first-order valence-electron chi connectivity index (χ1n) is 5.53. The van der Waals surface area contributed by atoms with E-state index in [4.69, 9.17) is 21.4 Å². The van der Waals surface area contributed by atoms with Gasteiger partial charge in [-0.25, -0.2) is 0 Å². The minimum atomic E-state index is -0.485. The van der Waals surface area contributed by atoms with E-state index in [-0.39, 0.29) is 23.4 Å². The zero-order valence-corrected chi connectivity index (χ0v) is 10.3. The summed E-state index contributed by atoms with van der Waals surface area (Å²) >= 11 is 5.86. The molecule has 1 unspecified atom stereocenters. The van der Waals surface area contributed by atoms with Crippen LogP contribution < -0.4 is 4.90 Å². The van der Waals surface area contributed by atoms with Gasteiger partial charge >= 0.3 is 5.69 Å². The van der Waals surface area contributed by atoms with Crippen LogP contribution in [0, 0.1) is 10.1 Å². The molecule has 0 aliphatic carbocycles. The first kappa shape index (κ1) is 13.1. The van der Waals surface area contributed by atoms with E-state index in [1.165, 1.54) is 6.07 Å². The Morgan fingerprint density at radius 3 is 3.06 bits per heavy atom. The summed E-state index contributed by atoms with van der Waals surface area (Å²) in [6.07, 6.45) is -0.322. The molecule has 0 amide bonds. The standard InChI is InChI=1S/C11H13ClN2O4/c12-9-2-1-3-10(11(9)14(16)17)13-4-5-18-8(6-13)7-15/h1-3,8,15H,4-7H2. The molecule has 1 heterocycles. The molecule has 6 nitrogen and oxygen atoms in total. The van der Waals surface area contributed by atoms with Crippen LogP contribution >= 0.6 is 11.6 Å². The summed E-state index contributed by atoms with van der Waals surface area (Å²) in [5.41, 5.74) is 0.368. The van der Waals surface area contributed by atoms with Crippen LogP contribution in [0.1, 0.15) is 0 Å². The van der Waals surface area contributed by atoms with E-state index >= 15 is 0 Å². The molecule has 1 aliphatic rings. The Morgan fingerprint density at radius 1 is 1.61 bits per heavy atom. The summed E-state index contributed by atoms with van der Waals surface area (Å²) in [6, 6.07) is 4.82. The Kier molecular flexibility index (Phi) is 4.00. The molecule has 1 aliphatic heterocycles. The molecule has 0 bridgehead atoms. The number of rotatable bonds is 3. The smallest absolute Gasteiger partial charge is 0.310 e. The van der Waals surface area contributed by atoms with Crippen LogP contribution in [0.2, 0.25) is 5.02 Å². The van der Waals surface area contributed by atoms with Crippen molar-refractivity contribution in [2.75, 3.05) is 31.2 Å². The average Bonchev–Trinajstić information content (AvgIpc) is 2.38. The minimum absolute atomic E-state index is 0.0993. The van der Waals surface area contributed by atoms with Crippen molar-refractivity contribution >= 4 is 23.0 Å². The number of benzene rings is 1. The Hall–Kier alpha value is -1.37. The van der Waals surface area contributed by atoms with Gasteiger partial charge in [0.05, 0.1) is 24.2 Å². The van der Waals surface area contributed by atoms with Crippen LogP contribution in [0.25, 0.3) is 0 Å². The lowest BCUT2D eigenvalue weighted by atomic mass is 10.2. The number of nitro benzene ring substituents is 1. The molecular formula is C11H13ClN2O4. The van der Waals surface area contributed by atoms with Gasteiger partial charge in [-0.3, -0.25) is 10.1 Å². The third-order valence-corrected chi connectivity index (χ3v) is 3.14. The van der Waals surface area contributed by atoms with E-state index in [1.54, 1.807) is 12.1 Å². The first-order valence-corrected chi connectivity index (χ1v) is 5.91. The van der Waals surface area contributed by atoms with Crippen LogP contribution in [0.4, 0.5) is 11.4 Å². The summed E-state index contributed by atoms with van der Waals surface area (Å²) in [6.45, 7) is 1.27. The molecule has 2 rings (SSSR count). The van der Waals surface area contributed by atoms with Gasteiger partial charge in [0.1, 0.15) is 10.7 Å². The summed E-state index contributed by atoms with van der Waals surface area (Å²) in [5, 5.41) is 20.2. The highest BCUT2D eigenvalue weighted by molar-refractivity contribution is 6.33. The topological polar surface area (TPSA) is 75.8 Å². The number of nitro groups is 1. The van der Waals surface area contributed by atoms with E-state index in [9.17, 15) is 10.1 Å². The third kappa shape index (κ3) is 2.55. The second kappa shape index (κ2) is 5.51. The number of para-hydroxylation sites is 1. The quantitative estimate of drug-likeness (QED) is 0.666. The maximum atomic E-state index is 11.1. The van der Waals surface area contributed by atoms with Crippen molar-refractivity contribution in [1.82, 2.24) is 0 Å². The van der Waals surface area contributed by atoms with Crippen LogP contribution in [0.15, 0.2) is 18.2 Å². The molecule has 0 spiro atoms. The SMILES string of the molecule is O=[N+]([O-])c1c(Cl)cccc1N1CCOC(CO)C1. The molecule has 0 aromatic heterocycles. The highest BCUT2D eigenvalue weighted by Crippen LogP contribution is 2.35. The fourth-order valence-electron chi connectivity index (χ4n) is 1.99. The van der Waals surface area contributed by atoms with Crippen molar-refractivity contribution in [2.24, 2.45) is 0 Å². The van der Waals surface area contributed by atoms with Gasteiger partial charge in [0.25, 0.3) is 0 Å². The fourth-order valence-corrected chi connectivity index (χ4v) is 2.23. The molecule has 0 saturated carbocycles. The summed E-state index contributed by atoms with van der Waals surface area (Å²) < 4.78 is 5.31. The minimum Gasteiger partial charge on any atom is -0.394 e. The molecule has 1 aromatic rings. The maximum Gasteiger partial charge on any atom is 0.310 e. The molecule has 1 fully saturated rings. The Morgan fingerprint density at radius 2 is 2.39 bits per heavy atom. The number of aliphatic hydroxyl groups is 1. The number of halogens is 1. The second-order valence-corrected chi connectivity index (χ2v) is 4.39. The monoisotopic (exact) mass is 272 g/mol. The van der Waals surface area contributed by atoms with Crippen LogP contribution in [0.3, 0.4) is 0 Å². The van der Waals surface area contributed by atoms with E-state index in [0.29, 0.717) is 25.4 Å². The Labute approximate surface area is 109 Å². The largest absolute Gasteiger partial charge is 0.394 e. The van der Waals surface area contributed by atoms with Crippen molar-refractivity contribution in [3.05, 3.63) is 33.3 Å². The van der Waals surface area contributed by atoms with Crippen LogP contribution in [-0.2, 0) is 4.74 Å². The first-order chi connectivity index (χ1) is 8.63. The molecule has 1 N–H and O–H groups in total. The van der Waals surface area contributed by atoms with Gasteiger partial charge in [-0.1, -0.05) is 17.7 Å². The number of morpholine rings is 1. The van der Waals surface area contributed by atoms with E-state index < -0.39 is 4.92 Å². The van der Waals surface area contributed by atoms with Gasteiger partial charge < -0.3 is 14.7 Å². The Balaban J connectivity index is 2.32. The lowest BCUT2D eigenvalue weighted by Gasteiger charge is -2.33. The highest BCUT2D eigenvalue weighted by atomic mass is 35.5. The normalized spacial score (nSPS) is 19.9. The molecule has 0 radical (unpaired) electrons. The van der Waals surface area contributed by atoms with Gasteiger partial charge in [-0.2, -0.15) is 0 Å². The number of ether oxygens (including phenoxy) is 1. The van der Waals surface area contributed by atoms with Crippen LogP contribution in [0.5, 0.6) is 0 Å². The van der Waals surface area contributed by atoms with Crippen LogP contribution in [-0.4, -0.2) is 42.4 Å². The summed E-state index contributed by atoms with van der Waals surface area (Å²) in [4.78, 5) is 12.4. The average molecular weight is 273 g/mol. The Bertz CT molecular complexity index is 455. The molecule has 98 valence electrons. The number of aliphatic hydroxyl groups excluding tert-OH is 1. The van der Waals surface area contributed by atoms with E-state index in [1.807, 2.05) is 4.90 Å². The number of hydrogen-bond acceptors (Lipinski definition) is 5. The van der Waals surface area contributed by atoms with E-state index in [2.05, 4.69) is 0 Å². The number of anilines is 1. The second-order valence-electron chi connectivity index (χ2n) is 3.99. The number of nitrogens with zero attached hydrogens (tertiary/aromatic N) is 2. The molecule has 18 heavy (non-hydrogen) atoms. The van der Waals surface area contributed by atoms with Crippen molar-refractivity contribution < 1.29 is 14.8 Å². The van der Waals surface area contributed by atoms with Crippen molar-refractivity contribution in [3.8, 4) is 0 Å². The molecular weight excluding hydrogens is 260 g/mol. The maximum absolute atomic E-state index is 11.1. The van der Waals surface area contributed by atoms with Crippen molar-refractivity contribution in [3.63, 3.8) is 0 Å². The van der Waals surface area contributed by atoms with Gasteiger partial charge in [0.15, 0.2) is 0 Å². The summed E-state index contributed by atoms with van der Waals surface area (Å²) in [7, 11) is 0. The zero-order chi connectivity index (χ0) is 13.1. The van der Waals surface area contributed by atoms with Gasteiger partial charge in [-0.15, -0.1) is 0 Å². The predicted molar refractivity (Wildman–Crippen MR) is 67.1 cm³/mol. The predicted octanol–water partition coefficient (Wildman–Crippen LogP) is 1.45. The fraction of sp³-hybridized carbons (Fsp3) is 0.455. The lowest BCUT2D eigenvalue weighted by molar-refractivity contribution is -0.384. The van der Waals surface area contributed by atoms with Gasteiger partial charge in [0.2, 0.25) is 0 Å². The molecule has 7 heteroatoms. The highest BCUT2D eigenvalue weighted by Gasteiger charge is 2.27. The lowest BCUT2D eigenvalue weighted by Crippen LogP contribution is -2.44. The third-order valence-electron chi connectivity index (χ3n) is 2.83. The molecule has 1 aromatic carbocycles. The summed E-state index contributed by atoms with van der Waals surface area (Å²) in [5.74, 6) is 0. The zero-order valence-electron chi connectivity index (χ0n) is 9.58. The van der Waals surface area contributed by atoms with Gasteiger partial charge in [-0.05, 0) is 12.1 Å². The van der Waals surface area contributed by atoms with Crippen molar-refractivity contribution in [1.29, 1.82) is 0 Å². The molecule has 1 saturated heterocycles. The van der Waals surface area contributed by atoms with Crippen molar-refractivity contribution in [2.45, 2.75) is 6.10 Å². The van der Waals surface area contributed by atoms with E-state index in [0.717, 1.165) is 0 Å². The number of hydrogen-bond donors (Lipinski definition) is 1. The van der Waals surface area contributed by atoms with Gasteiger partial charge in [0, 0.05) is 13.1 Å². The molecule has 1 atom stereocenters.